The van der Waals surface area contributed by atoms with Crippen molar-refractivity contribution in [2.24, 2.45) is 11.8 Å². The smallest absolute Gasteiger partial charge is 0.251 e. The molecule has 0 saturated heterocycles. The van der Waals surface area contributed by atoms with E-state index >= 15 is 0 Å². The maximum absolute atomic E-state index is 11.5. The Labute approximate surface area is 134 Å². The van der Waals surface area contributed by atoms with Crippen molar-refractivity contribution in [1.29, 1.82) is 0 Å². The Balaban J connectivity index is 1.67. The second kappa shape index (κ2) is 8.94. The molecule has 0 aliphatic heterocycles. The van der Waals surface area contributed by atoms with E-state index in [0.29, 0.717) is 0 Å². The van der Waals surface area contributed by atoms with Crippen LogP contribution in [0.15, 0.2) is 24.3 Å². The van der Waals surface area contributed by atoms with E-state index < -0.39 is 0 Å². The Hall–Kier alpha value is -1.35. The van der Waals surface area contributed by atoms with Gasteiger partial charge in [-0.1, -0.05) is 44.7 Å². The molecule has 1 aromatic rings. The molecule has 0 spiro atoms. The molecule has 0 aromatic heterocycles. The fourth-order valence-electron chi connectivity index (χ4n) is 3.47. The van der Waals surface area contributed by atoms with Gasteiger partial charge in [0.1, 0.15) is 0 Å². The van der Waals surface area contributed by atoms with Crippen molar-refractivity contribution in [1.82, 2.24) is 10.6 Å². The predicted molar refractivity (Wildman–Crippen MR) is 91.9 cm³/mol. The third kappa shape index (κ3) is 5.13. The molecule has 22 heavy (non-hydrogen) atoms. The van der Waals surface area contributed by atoms with Gasteiger partial charge in [-0.25, -0.2) is 0 Å². The number of carbonyl (C=O) groups excluding carboxylic acids is 1. The van der Waals surface area contributed by atoms with Gasteiger partial charge in [-0.2, -0.15) is 0 Å². The van der Waals surface area contributed by atoms with Crippen LogP contribution < -0.4 is 10.6 Å². The van der Waals surface area contributed by atoms with E-state index in [1.54, 1.807) is 7.05 Å². The Bertz CT molecular complexity index is 447. The summed E-state index contributed by atoms with van der Waals surface area (Å²) in [5, 5.41) is 6.23. The molecule has 0 unspecified atom stereocenters. The molecule has 1 aliphatic carbocycles. The van der Waals surface area contributed by atoms with Gasteiger partial charge >= 0.3 is 0 Å². The normalized spacial score (nSPS) is 21.5. The topological polar surface area (TPSA) is 41.1 Å². The molecular formula is C19H30N2O. The van der Waals surface area contributed by atoms with Gasteiger partial charge in [0.15, 0.2) is 0 Å². The minimum atomic E-state index is -0.0247. The zero-order valence-corrected chi connectivity index (χ0v) is 14.0. The number of carbonyl (C=O) groups is 1. The Morgan fingerprint density at radius 1 is 1.09 bits per heavy atom. The van der Waals surface area contributed by atoms with Crippen molar-refractivity contribution < 1.29 is 4.79 Å². The van der Waals surface area contributed by atoms with Gasteiger partial charge in [-0.3, -0.25) is 4.79 Å². The zero-order chi connectivity index (χ0) is 15.8. The lowest BCUT2D eigenvalue weighted by Gasteiger charge is -2.28. The fourth-order valence-corrected chi connectivity index (χ4v) is 3.47. The first-order valence-electron chi connectivity index (χ1n) is 8.74. The van der Waals surface area contributed by atoms with E-state index in [9.17, 15) is 4.79 Å². The molecular weight excluding hydrogens is 272 g/mol. The molecule has 0 atom stereocenters. The number of rotatable bonds is 7. The van der Waals surface area contributed by atoms with E-state index in [2.05, 4.69) is 17.6 Å². The molecule has 3 nitrogen and oxygen atoms in total. The maximum atomic E-state index is 11.5. The minimum absolute atomic E-state index is 0.0247. The summed E-state index contributed by atoms with van der Waals surface area (Å²) in [4.78, 5) is 11.5. The first-order valence-corrected chi connectivity index (χ1v) is 8.74. The van der Waals surface area contributed by atoms with E-state index in [1.807, 2.05) is 24.3 Å². The van der Waals surface area contributed by atoms with Crippen molar-refractivity contribution >= 4 is 5.91 Å². The zero-order valence-electron chi connectivity index (χ0n) is 14.0. The molecule has 122 valence electrons. The van der Waals surface area contributed by atoms with Gasteiger partial charge in [0, 0.05) is 19.2 Å². The molecule has 0 bridgehead atoms. The van der Waals surface area contributed by atoms with Gasteiger partial charge in [-0.15, -0.1) is 0 Å². The third-order valence-corrected chi connectivity index (χ3v) is 4.87. The van der Waals surface area contributed by atoms with Gasteiger partial charge in [0.05, 0.1) is 0 Å². The maximum Gasteiger partial charge on any atom is 0.251 e. The highest BCUT2D eigenvalue weighted by Gasteiger charge is 2.19. The molecule has 3 heteroatoms. The van der Waals surface area contributed by atoms with Crippen LogP contribution in [0, 0.1) is 11.8 Å². The lowest BCUT2D eigenvalue weighted by Crippen LogP contribution is -2.26. The summed E-state index contributed by atoms with van der Waals surface area (Å²) < 4.78 is 0. The summed E-state index contributed by atoms with van der Waals surface area (Å²) in [7, 11) is 1.66. The van der Waals surface area contributed by atoms with E-state index in [1.165, 1.54) is 44.1 Å². The lowest BCUT2D eigenvalue weighted by molar-refractivity contribution is 0.0963. The van der Waals surface area contributed by atoms with Crippen LogP contribution in [0.25, 0.3) is 0 Å². The number of hydrogen-bond donors (Lipinski definition) is 2. The molecule has 2 rings (SSSR count). The van der Waals surface area contributed by atoms with Crippen LogP contribution in [0.5, 0.6) is 0 Å². The van der Waals surface area contributed by atoms with Crippen LogP contribution in [0.4, 0.5) is 0 Å². The highest BCUT2D eigenvalue weighted by Crippen LogP contribution is 2.31. The molecule has 1 aromatic carbocycles. The third-order valence-electron chi connectivity index (χ3n) is 4.87. The summed E-state index contributed by atoms with van der Waals surface area (Å²) in [6.45, 7) is 4.31. The molecule has 0 radical (unpaired) electrons. The Kier molecular flexibility index (Phi) is 6.91. The van der Waals surface area contributed by atoms with Crippen LogP contribution in [0.2, 0.25) is 0 Å². The van der Waals surface area contributed by atoms with Crippen LogP contribution in [0.3, 0.4) is 0 Å². The Morgan fingerprint density at radius 2 is 1.73 bits per heavy atom. The van der Waals surface area contributed by atoms with Gasteiger partial charge in [0.2, 0.25) is 0 Å². The van der Waals surface area contributed by atoms with Crippen molar-refractivity contribution in [3.63, 3.8) is 0 Å². The first-order chi connectivity index (χ1) is 10.7. The van der Waals surface area contributed by atoms with Crippen molar-refractivity contribution in [2.45, 2.75) is 52.0 Å². The molecule has 2 N–H and O–H groups in total. The van der Waals surface area contributed by atoms with Crippen LogP contribution in [-0.2, 0) is 6.54 Å². The van der Waals surface area contributed by atoms with E-state index in [4.69, 9.17) is 0 Å². The lowest BCUT2D eigenvalue weighted by atomic mass is 9.80. The summed E-state index contributed by atoms with van der Waals surface area (Å²) in [5.74, 6) is 1.81. The molecule has 1 fully saturated rings. The number of nitrogens with one attached hydrogen (secondary N) is 2. The number of amides is 1. The first kappa shape index (κ1) is 17.0. The van der Waals surface area contributed by atoms with Gasteiger partial charge in [-0.05, 0) is 48.9 Å². The molecule has 1 saturated carbocycles. The standard InChI is InChI=1S/C19H30N2O/c1-3-4-15-5-7-16(8-6-15)13-21-14-17-9-11-18(12-10-17)19(22)20-2/h9-12,15-16,21H,3-8,13-14H2,1-2H3,(H,20,22). The predicted octanol–water partition coefficient (Wildman–Crippen LogP) is 3.74. The monoisotopic (exact) mass is 302 g/mol. The minimum Gasteiger partial charge on any atom is -0.355 e. The van der Waals surface area contributed by atoms with Crippen molar-refractivity contribution in [2.75, 3.05) is 13.6 Å². The quantitative estimate of drug-likeness (QED) is 0.805. The van der Waals surface area contributed by atoms with Crippen LogP contribution in [0.1, 0.15) is 61.4 Å². The summed E-state index contributed by atoms with van der Waals surface area (Å²) in [6.07, 6.45) is 8.35. The van der Waals surface area contributed by atoms with E-state index in [-0.39, 0.29) is 5.91 Å². The van der Waals surface area contributed by atoms with Gasteiger partial charge < -0.3 is 10.6 Å². The summed E-state index contributed by atoms with van der Waals surface area (Å²) >= 11 is 0. The second-order valence-electron chi connectivity index (χ2n) is 6.58. The fraction of sp³-hybridized carbons (Fsp3) is 0.632. The number of hydrogen-bond acceptors (Lipinski definition) is 2. The molecule has 1 amide bonds. The molecule has 1 aliphatic rings. The van der Waals surface area contributed by atoms with Crippen LogP contribution >= 0.6 is 0 Å². The molecule has 0 heterocycles. The van der Waals surface area contributed by atoms with Crippen molar-refractivity contribution in [3.8, 4) is 0 Å². The average molecular weight is 302 g/mol. The van der Waals surface area contributed by atoms with Crippen molar-refractivity contribution in [3.05, 3.63) is 35.4 Å². The van der Waals surface area contributed by atoms with E-state index in [0.717, 1.165) is 30.5 Å². The van der Waals surface area contributed by atoms with Gasteiger partial charge in [0.25, 0.3) is 5.91 Å². The second-order valence-corrected chi connectivity index (χ2v) is 6.58. The summed E-state index contributed by atoms with van der Waals surface area (Å²) in [5.41, 5.74) is 1.97. The average Bonchev–Trinajstić information content (AvgIpc) is 2.56. The highest BCUT2D eigenvalue weighted by molar-refractivity contribution is 5.93. The largest absolute Gasteiger partial charge is 0.355 e. The summed E-state index contributed by atoms with van der Waals surface area (Å²) in [6, 6.07) is 7.86. The number of benzene rings is 1. The highest BCUT2D eigenvalue weighted by atomic mass is 16.1. The SMILES string of the molecule is CCCC1CCC(CNCc2ccc(C(=O)NC)cc2)CC1. The van der Waals surface area contributed by atoms with Crippen LogP contribution in [-0.4, -0.2) is 19.5 Å². The Morgan fingerprint density at radius 3 is 2.32 bits per heavy atom.